The maximum Gasteiger partial charge on any atom is 0.246 e. The van der Waals surface area contributed by atoms with E-state index in [1.54, 1.807) is 0 Å². The van der Waals surface area contributed by atoms with Gasteiger partial charge in [0, 0.05) is 18.8 Å². The molecule has 0 spiro atoms. The maximum absolute atomic E-state index is 13.7. The summed E-state index contributed by atoms with van der Waals surface area (Å²) in [5.74, 6) is -1.29. The van der Waals surface area contributed by atoms with Gasteiger partial charge in [0.25, 0.3) is 0 Å². The van der Waals surface area contributed by atoms with Crippen LogP contribution in [-0.2, 0) is 14.8 Å². The number of aryl methyl sites for hydroxylation is 2. The van der Waals surface area contributed by atoms with Crippen molar-refractivity contribution in [3.05, 3.63) is 53.3 Å². The first-order valence-electron chi connectivity index (χ1n) is 9.45. The summed E-state index contributed by atoms with van der Waals surface area (Å²) in [6, 6.07) is 9.13. The van der Waals surface area contributed by atoms with Gasteiger partial charge in [0.15, 0.2) is 0 Å². The van der Waals surface area contributed by atoms with Crippen LogP contribution in [0, 0.1) is 25.6 Å². The number of piperidine rings is 1. The smallest absolute Gasteiger partial charge is 0.246 e. The molecule has 0 unspecified atom stereocenters. The van der Waals surface area contributed by atoms with E-state index in [4.69, 9.17) is 4.74 Å². The van der Waals surface area contributed by atoms with Crippen LogP contribution < -0.4 is 10.1 Å². The molecule has 8 heteroatoms. The summed E-state index contributed by atoms with van der Waals surface area (Å²) in [5.41, 5.74) is 2.65. The fourth-order valence-corrected chi connectivity index (χ4v) is 5.29. The van der Waals surface area contributed by atoms with Crippen LogP contribution in [0.2, 0.25) is 0 Å². The molecule has 6 nitrogen and oxygen atoms in total. The zero-order valence-corrected chi connectivity index (χ0v) is 17.6. The van der Waals surface area contributed by atoms with Gasteiger partial charge in [0.2, 0.25) is 15.9 Å². The minimum absolute atomic E-state index is 0.0404. The minimum atomic E-state index is -3.99. The van der Waals surface area contributed by atoms with Crippen molar-refractivity contribution in [2.75, 3.05) is 25.5 Å². The number of carbonyl (C=O) groups excluding carboxylic acids is 1. The van der Waals surface area contributed by atoms with E-state index in [2.05, 4.69) is 5.32 Å². The van der Waals surface area contributed by atoms with Crippen molar-refractivity contribution >= 4 is 21.6 Å². The molecule has 0 bridgehead atoms. The van der Waals surface area contributed by atoms with Crippen molar-refractivity contribution in [1.82, 2.24) is 4.31 Å². The highest BCUT2D eigenvalue weighted by atomic mass is 32.2. The molecule has 1 aliphatic rings. The monoisotopic (exact) mass is 420 g/mol. The largest absolute Gasteiger partial charge is 0.495 e. The molecule has 2 aromatic rings. The first kappa shape index (κ1) is 21.3. The molecular formula is C21H25FN2O4S. The number of para-hydroxylation sites is 1. The van der Waals surface area contributed by atoms with Crippen molar-refractivity contribution in [2.45, 2.75) is 31.6 Å². The lowest BCUT2D eigenvalue weighted by Crippen LogP contribution is -2.43. The topological polar surface area (TPSA) is 75.7 Å². The van der Waals surface area contributed by atoms with Crippen LogP contribution in [0.5, 0.6) is 5.75 Å². The third-order valence-electron chi connectivity index (χ3n) is 5.23. The van der Waals surface area contributed by atoms with Crippen LogP contribution >= 0.6 is 0 Å². The van der Waals surface area contributed by atoms with Gasteiger partial charge in [-0.2, -0.15) is 4.31 Å². The summed E-state index contributed by atoms with van der Waals surface area (Å²) in [7, 11) is -2.66. The van der Waals surface area contributed by atoms with E-state index < -0.39 is 21.8 Å². The Morgan fingerprint density at radius 1 is 1.21 bits per heavy atom. The van der Waals surface area contributed by atoms with Gasteiger partial charge in [-0.25, -0.2) is 12.8 Å². The summed E-state index contributed by atoms with van der Waals surface area (Å²) in [5, 5.41) is 2.95. The first-order chi connectivity index (χ1) is 13.7. The van der Waals surface area contributed by atoms with Gasteiger partial charge in [-0.1, -0.05) is 18.2 Å². The molecule has 1 atom stereocenters. The molecule has 156 valence electrons. The molecule has 1 N–H and O–H groups in total. The van der Waals surface area contributed by atoms with Crippen LogP contribution in [0.15, 0.2) is 41.3 Å². The zero-order valence-electron chi connectivity index (χ0n) is 16.7. The number of anilines is 1. The van der Waals surface area contributed by atoms with Gasteiger partial charge in [-0.3, -0.25) is 4.79 Å². The number of carbonyl (C=O) groups is 1. The number of rotatable bonds is 5. The Morgan fingerprint density at radius 3 is 2.55 bits per heavy atom. The second kappa shape index (κ2) is 8.51. The average molecular weight is 421 g/mol. The number of amides is 1. The molecule has 0 aromatic heterocycles. The lowest BCUT2D eigenvalue weighted by Gasteiger charge is -2.31. The lowest BCUT2D eigenvalue weighted by molar-refractivity contribution is -0.120. The van der Waals surface area contributed by atoms with Gasteiger partial charge in [-0.15, -0.1) is 0 Å². The number of hydrogen-bond donors (Lipinski definition) is 1. The van der Waals surface area contributed by atoms with E-state index in [1.807, 2.05) is 32.0 Å². The van der Waals surface area contributed by atoms with Crippen molar-refractivity contribution in [3.8, 4) is 5.75 Å². The van der Waals surface area contributed by atoms with Gasteiger partial charge < -0.3 is 10.1 Å². The van der Waals surface area contributed by atoms with Crippen LogP contribution in [-0.4, -0.2) is 38.8 Å². The van der Waals surface area contributed by atoms with Gasteiger partial charge in [0.1, 0.15) is 16.5 Å². The number of nitrogens with one attached hydrogen (secondary N) is 1. The normalized spacial score (nSPS) is 17.7. The number of methoxy groups -OCH3 is 1. The molecule has 2 aromatic carbocycles. The highest BCUT2D eigenvalue weighted by Crippen LogP contribution is 2.31. The van der Waals surface area contributed by atoms with Gasteiger partial charge in [0.05, 0.1) is 13.0 Å². The van der Waals surface area contributed by atoms with E-state index in [0.29, 0.717) is 12.8 Å². The summed E-state index contributed by atoms with van der Waals surface area (Å²) in [4.78, 5) is 12.6. The summed E-state index contributed by atoms with van der Waals surface area (Å²) in [6.45, 7) is 4.14. The summed E-state index contributed by atoms with van der Waals surface area (Å²) in [6.07, 6.45) is 1.13. The number of sulfonamides is 1. The quantitative estimate of drug-likeness (QED) is 0.803. The van der Waals surface area contributed by atoms with E-state index in [9.17, 15) is 17.6 Å². The van der Waals surface area contributed by atoms with E-state index in [-0.39, 0.29) is 29.6 Å². The SMILES string of the molecule is COc1ccc(F)cc1S(=O)(=O)N1CCC[C@@H](C(=O)Nc2c(C)cccc2C)C1. The Kier molecular flexibility index (Phi) is 6.24. The minimum Gasteiger partial charge on any atom is -0.495 e. The molecule has 0 aliphatic carbocycles. The molecule has 0 saturated carbocycles. The maximum atomic E-state index is 13.7. The summed E-state index contributed by atoms with van der Waals surface area (Å²) < 4.78 is 46.2. The molecule has 1 fully saturated rings. The fourth-order valence-electron chi connectivity index (χ4n) is 3.60. The molecule has 1 aliphatic heterocycles. The summed E-state index contributed by atoms with van der Waals surface area (Å²) >= 11 is 0. The average Bonchev–Trinajstić information content (AvgIpc) is 2.70. The van der Waals surface area contributed by atoms with Crippen LogP contribution in [0.25, 0.3) is 0 Å². The Balaban J connectivity index is 1.82. The first-order valence-corrected chi connectivity index (χ1v) is 10.9. The predicted octanol–water partition coefficient (Wildman–Crippen LogP) is 3.49. The Hall–Kier alpha value is -2.45. The van der Waals surface area contributed by atoms with Crippen molar-refractivity contribution in [3.63, 3.8) is 0 Å². The van der Waals surface area contributed by atoms with Crippen molar-refractivity contribution < 1.29 is 22.3 Å². The Bertz CT molecular complexity index is 1000. The molecule has 1 saturated heterocycles. The lowest BCUT2D eigenvalue weighted by atomic mass is 9.98. The third-order valence-corrected chi connectivity index (χ3v) is 7.11. The molecule has 0 radical (unpaired) electrons. The second-order valence-corrected chi connectivity index (χ2v) is 9.16. The molecule has 1 amide bonds. The Labute approximate surface area is 170 Å². The third kappa shape index (κ3) is 4.43. The fraction of sp³-hybridized carbons (Fsp3) is 0.381. The standard InChI is InChI=1S/C21H25FN2O4S/c1-14-6-4-7-15(2)20(14)23-21(25)16-8-5-11-24(13-16)29(26,27)19-12-17(22)9-10-18(19)28-3/h4,6-7,9-10,12,16H,5,8,11,13H2,1-3H3,(H,23,25)/t16-/m1/s1. The molecule has 29 heavy (non-hydrogen) atoms. The number of ether oxygens (including phenoxy) is 1. The molecular weight excluding hydrogens is 395 g/mol. The number of benzene rings is 2. The second-order valence-electron chi connectivity index (χ2n) is 7.25. The molecule has 3 rings (SSSR count). The van der Waals surface area contributed by atoms with E-state index in [0.717, 1.165) is 28.9 Å². The predicted molar refractivity (Wildman–Crippen MR) is 109 cm³/mol. The number of hydrogen-bond acceptors (Lipinski definition) is 4. The van der Waals surface area contributed by atoms with Gasteiger partial charge >= 0.3 is 0 Å². The highest BCUT2D eigenvalue weighted by molar-refractivity contribution is 7.89. The number of halogens is 1. The van der Waals surface area contributed by atoms with Crippen molar-refractivity contribution in [1.29, 1.82) is 0 Å². The highest BCUT2D eigenvalue weighted by Gasteiger charge is 2.35. The van der Waals surface area contributed by atoms with E-state index in [1.165, 1.54) is 17.5 Å². The van der Waals surface area contributed by atoms with Crippen LogP contribution in [0.1, 0.15) is 24.0 Å². The van der Waals surface area contributed by atoms with Gasteiger partial charge in [-0.05, 0) is 56.0 Å². The zero-order chi connectivity index (χ0) is 21.2. The van der Waals surface area contributed by atoms with E-state index >= 15 is 0 Å². The molecule has 1 heterocycles. The number of nitrogens with zero attached hydrogens (tertiary/aromatic N) is 1. The Morgan fingerprint density at radius 2 is 1.90 bits per heavy atom. The van der Waals surface area contributed by atoms with Crippen molar-refractivity contribution in [2.24, 2.45) is 5.92 Å². The van der Waals surface area contributed by atoms with Crippen LogP contribution in [0.4, 0.5) is 10.1 Å². The van der Waals surface area contributed by atoms with Crippen LogP contribution in [0.3, 0.4) is 0 Å².